The summed E-state index contributed by atoms with van der Waals surface area (Å²) in [4.78, 5) is 26.5. The molecule has 130 valence electrons. The second kappa shape index (κ2) is 8.33. The van der Waals surface area contributed by atoms with E-state index in [1.807, 2.05) is 35.2 Å². The van der Waals surface area contributed by atoms with Gasteiger partial charge in [0.2, 0.25) is 0 Å². The van der Waals surface area contributed by atoms with Crippen molar-refractivity contribution < 1.29 is 9.59 Å². The highest BCUT2D eigenvalue weighted by Crippen LogP contribution is 2.16. The van der Waals surface area contributed by atoms with Crippen molar-refractivity contribution >= 4 is 17.6 Å². The van der Waals surface area contributed by atoms with Crippen molar-refractivity contribution in [2.45, 2.75) is 25.8 Å². The summed E-state index contributed by atoms with van der Waals surface area (Å²) in [7, 11) is 0. The second-order valence-corrected chi connectivity index (χ2v) is 6.23. The van der Waals surface area contributed by atoms with Crippen LogP contribution in [-0.4, -0.2) is 29.9 Å². The van der Waals surface area contributed by atoms with Gasteiger partial charge in [0, 0.05) is 30.9 Å². The smallest absolute Gasteiger partial charge is 0.319 e. The third kappa shape index (κ3) is 4.83. The second-order valence-electron chi connectivity index (χ2n) is 6.23. The Bertz CT molecular complexity index is 725. The molecule has 0 atom stereocenters. The lowest BCUT2D eigenvalue weighted by Gasteiger charge is -2.26. The molecule has 0 saturated carbocycles. The highest BCUT2D eigenvalue weighted by molar-refractivity contribution is 5.97. The molecule has 0 radical (unpaired) electrons. The van der Waals surface area contributed by atoms with Gasteiger partial charge in [-0.3, -0.25) is 4.79 Å². The number of rotatable bonds is 4. The van der Waals surface area contributed by atoms with E-state index in [4.69, 9.17) is 0 Å². The first-order valence-corrected chi connectivity index (χ1v) is 8.70. The Balaban J connectivity index is 1.57. The van der Waals surface area contributed by atoms with Gasteiger partial charge in [0.1, 0.15) is 0 Å². The molecule has 0 spiro atoms. The third-order valence-electron chi connectivity index (χ3n) is 4.31. The third-order valence-corrected chi connectivity index (χ3v) is 4.31. The van der Waals surface area contributed by atoms with Crippen LogP contribution in [0.1, 0.15) is 35.2 Å². The summed E-state index contributed by atoms with van der Waals surface area (Å²) in [5.74, 6) is 0.0352. The van der Waals surface area contributed by atoms with Crippen molar-refractivity contribution in [3.8, 4) is 0 Å². The molecule has 5 heteroatoms. The van der Waals surface area contributed by atoms with Gasteiger partial charge in [-0.25, -0.2) is 4.79 Å². The zero-order chi connectivity index (χ0) is 17.5. The number of anilines is 1. The van der Waals surface area contributed by atoms with E-state index in [9.17, 15) is 9.59 Å². The number of carbonyl (C=O) groups is 2. The molecule has 2 N–H and O–H groups in total. The first-order valence-electron chi connectivity index (χ1n) is 8.70. The maximum absolute atomic E-state index is 12.5. The van der Waals surface area contributed by atoms with Crippen LogP contribution < -0.4 is 10.6 Å². The molecule has 2 aromatic rings. The molecule has 5 nitrogen and oxygen atoms in total. The van der Waals surface area contributed by atoms with Gasteiger partial charge in [0.25, 0.3) is 5.91 Å². The Hall–Kier alpha value is -2.82. The maximum Gasteiger partial charge on any atom is 0.319 e. The minimum Gasteiger partial charge on any atom is -0.339 e. The van der Waals surface area contributed by atoms with Crippen molar-refractivity contribution in [3.63, 3.8) is 0 Å². The minimum absolute atomic E-state index is 0.0352. The summed E-state index contributed by atoms with van der Waals surface area (Å²) in [6.07, 6.45) is 3.31. The largest absolute Gasteiger partial charge is 0.339 e. The number of hydrogen-bond donors (Lipinski definition) is 2. The predicted octanol–water partition coefficient (Wildman–Crippen LogP) is 3.63. The van der Waals surface area contributed by atoms with E-state index < -0.39 is 0 Å². The number of urea groups is 1. The lowest BCUT2D eigenvalue weighted by Crippen LogP contribution is -2.35. The average molecular weight is 337 g/mol. The summed E-state index contributed by atoms with van der Waals surface area (Å²) in [6, 6.07) is 16.5. The Morgan fingerprint density at radius 3 is 2.44 bits per heavy atom. The molecule has 3 amide bonds. The molecule has 0 aromatic heterocycles. The monoisotopic (exact) mass is 337 g/mol. The highest BCUT2D eigenvalue weighted by Gasteiger charge is 2.18. The van der Waals surface area contributed by atoms with Crippen LogP contribution in [-0.2, 0) is 6.54 Å². The molecule has 0 unspecified atom stereocenters. The summed E-state index contributed by atoms with van der Waals surface area (Å²) >= 11 is 0. The highest BCUT2D eigenvalue weighted by atomic mass is 16.2. The number of amides is 3. The predicted molar refractivity (Wildman–Crippen MR) is 98.5 cm³/mol. The molecule has 1 saturated heterocycles. The number of benzene rings is 2. The molecule has 1 heterocycles. The number of hydrogen-bond acceptors (Lipinski definition) is 2. The fourth-order valence-corrected chi connectivity index (χ4v) is 2.96. The Kier molecular flexibility index (Phi) is 5.67. The Labute approximate surface area is 148 Å². The van der Waals surface area contributed by atoms with Crippen LogP contribution in [0.25, 0.3) is 0 Å². The topological polar surface area (TPSA) is 61.4 Å². The molecule has 1 aliphatic heterocycles. The van der Waals surface area contributed by atoms with Crippen LogP contribution in [0, 0.1) is 0 Å². The zero-order valence-corrected chi connectivity index (χ0v) is 14.2. The average Bonchev–Trinajstić information content (AvgIpc) is 2.67. The minimum atomic E-state index is -0.286. The quantitative estimate of drug-likeness (QED) is 0.895. The zero-order valence-electron chi connectivity index (χ0n) is 14.2. The van der Waals surface area contributed by atoms with Gasteiger partial charge >= 0.3 is 6.03 Å². The maximum atomic E-state index is 12.5. The molecule has 2 aromatic carbocycles. The van der Waals surface area contributed by atoms with Gasteiger partial charge in [-0.1, -0.05) is 36.4 Å². The van der Waals surface area contributed by atoms with Crippen molar-refractivity contribution in [2.75, 3.05) is 18.4 Å². The van der Waals surface area contributed by atoms with E-state index in [-0.39, 0.29) is 11.9 Å². The number of carbonyl (C=O) groups excluding carboxylic acids is 2. The summed E-state index contributed by atoms with van der Waals surface area (Å²) < 4.78 is 0. The first kappa shape index (κ1) is 17.0. The van der Waals surface area contributed by atoms with Gasteiger partial charge < -0.3 is 15.5 Å². The van der Waals surface area contributed by atoms with E-state index in [1.54, 1.807) is 24.3 Å². The van der Waals surface area contributed by atoms with Crippen LogP contribution >= 0.6 is 0 Å². The Morgan fingerprint density at radius 1 is 0.920 bits per heavy atom. The van der Waals surface area contributed by atoms with Crippen LogP contribution in [0.4, 0.5) is 10.5 Å². The number of likely N-dealkylation sites (tertiary alicyclic amines) is 1. The van der Waals surface area contributed by atoms with Crippen molar-refractivity contribution in [1.29, 1.82) is 0 Å². The summed E-state index contributed by atoms with van der Waals surface area (Å²) in [6.45, 7) is 2.08. The van der Waals surface area contributed by atoms with Gasteiger partial charge in [-0.15, -0.1) is 0 Å². The first-order chi connectivity index (χ1) is 12.2. The fourth-order valence-electron chi connectivity index (χ4n) is 2.96. The molecule has 0 aliphatic carbocycles. The van der Waals surface area contributed by atoms with E-state index in [2.05, 4.69) is 10.6 Å². The van der Waals surface area contributed by atoms with E-state index in [0.29, 0.717) is 17.8 Å². The lowest BCUT2D eigenvalue weighted by atomic mass is 10.1. The number of piperidine rings is 1. The van der Waals surface area contributed by atoms with Crippen molar-refractivity contribution in [2.24, 2.45) is 0 Å². The van der Waals surface area contributed by atoms with Gasteiger partial charge in [-0.05, 0) is 43.0 Å². The molecule has 25 heavy (non-hydrogen) atoms. The van der Waals surface area contributed by atoms with Crippen LogP contribution in [0.15, 0.2) is 54.6 Å². The standard InChI is InChI=1S/C20H23N3O2/c24-19(23-12-5-2-6-13-23)17-10-7-11-18(14-17)22-20(25)21-15-16-8-3-1-4-9-16/h1,3-4,7-11,14H,2,5-6,12-13,15H2,(H2,21,22,25). The summed E-state index contributed by atoms with van der Waals surface area (Å²) in [5.41, 5.74) is 2.27. The van der Waals surface area contributed by atoms with Gasteiger partial charge in [0.05, 0.1) is 0 Å². The van der Waals surface area contributed by atoms with Crippen molar-refractivity contribution in [3.05, 3.63) is 65.7 Å². The van der Waals surface area contributed by atoms with Crippen LogP contribution in [0.2, 0.25) is 0 Å². The molecule has 3 rings (SSSR count). The van der Waals surface area contributed by atoms with E-state index in [0.717, 1.165) is 31.5 Å². The molecule has 1 fully saturated rings. The Morgan fingerprint density at radius 2 is 1.68 bits per heavy atom. The van der Waals surface area contributed by atoms with Crippen LogP contribution in [0.5, 0.6) is 0 Å². The van der Waals surface area contributed by atoms with Gasteiger partial charge in [0.15, 0.2) is 0 Å². The van der Waals surface area contributed by atoms with Crippen molar-refractivity contribution in [1.82, 2.24) is 10.2 Å². The molecular formula is C20H23N3O2. The molecule has 0 bridgehead atoms. The van der Waals surface area contributed by atoms with E-state index >= 15 is 0 Å². The lowest BCUT2D eigenvalue weighted by molar-refractivity contribution is 0.0724. The number of nitrogens with one attached hydrogen (secondary N) is 2. The number of nitrogens with zero attached hydrogens (tertiary/aromatic N) is 1. The molecular weight excluding hydrogens is 314 g/mol. The fraction of sp³-hybridized carbons (Fsp3) is 0.300. The normalized spacial score (nSPS) is 14.0. The van der Waals surface area contributed by atoms with E-state index in [1.165, 1.54) is 6.42 Å². The van der Waals surface area contributed by atoms with Crippen LogP contribution in [0.3, 0.4) is 0 Å². The molecule has 1 aliphatic rings. The summed E-state index contributed by atoms with van der Waals surface area (Å²) in [5, 5.41) is 5.60. The van der Waals surface area contributed by atoms with Gasteiger partial charge in [-0.2, -0.15) is 0 Å². The SMILES string of the molecule is O=C(NCc1ccccc1)Nc1cccc(C(=O)N2CCCCC2)c1.